The van der Waals surface area contributed by atoms with Crippen LogP contribution in [0.2, 0.25) is 0 Å². The molecule has 1 fully saturated rings. The summed E-state index contributed by atoms with van der Waals surface area (Å²) in [5, 5.41) is 0. The van der Waals surface area contributed by atoms with E-state index in [0.29, 0.717) is 0 Å². The fraction of sp³-hybridized carbons (Fsp3) is 1.00. The molecule has 1 atom stereocenters. The van der Waals surface area contributed by atoms with Crippen molar-refractivity contribution < 1.29 is 0 Å². The standard InChI is InChI=1S/C10H20/c1-3-6-9(2)10-7-4-5-8-10/h9-10H,3-8H2,1-2H3. The largest absolute Gasteiger partial charge is 0.0654 e. The van der Waals surface area contributed by atoms with Crippen LogP contribution in [0.15, 0.2) is 0 Å². The highest BCUT2D eigenvalue weighted by atomic mass is 14.3. The van der Waals surface area contributed by atoms with E-state index in [4.69, 9.17) is 0 Å². The zero-order valence-corrected chi connectivity index (χ0v) is 7.40. The Morgan fingerprint density at radius 1 is 1.30 bits per heavy atom. The Bertz CT molecular complexity index is 80.0. The lowest BCUT2D eigenvalue weighted by atomic mass is 9.89. The summed E-state index contributed by atoms with van der Waals surface area (Å²) in [4.78, 5) is 0. The number of hydrogen-bond acceptors (Lipinski definition) is 0. The van der Waals surface area contributed by atoms with E-state index in [9.17, 15) is 0 Å². The zero-order chi connectivity index (χ0) is 7.40. The first-order valence-corrected chi connectivity index (χ1v) is 4.84. The van der Waals surface area contributed by atoms with Gasteiger partial charge in [-0.2, -0.15) is 0 Å². The molecule has 0 saturated heterocycles. The molecule has 1 unspecified atom stereocenters. The Morgan fingerprint density at radius 3 is 2.40 bits per heavy atom. The van der Waals surface area contributed by atoms with Gasteiger partial charge in [-0.15, -0.1) is 0 Å². The zero-order valence-electron chi connectivity index (χ0n) is 7.40. The van der Waals surface area contributed by atoms with E-state index < -0.39 is 0 Å². The van der Waals surface area contributed by atoms with Crippen LogP contribution in [0.1, 0.15) is 52.4 Å². The average molecular weight is 140 g/mol. The van der Waals surface area contributed by atoms with Gasteiger partial charge in [0.05, 0.1) is 0 Å². The maximum atomic E-state index is 2.43. The molecule has 0 radical (unpaired) electrons. The maximum absolute atomic E-state index is 2.43. The first-order chi connectivity index (χ1) is 4.84. The minimum atomic E-state index is 1.01. The van der Waals surface area contributed by atoms with Crippen LogP contribution in [-0.2, 0) is 0 Å². The molecule has 0 N–H and O–H groups in total. The van der Waals surface area contributed by atoms with E-state index in [1.807, 2.05) is 0 Å². The quantitative estimate of drug-likeness (QED) is 0.561. The van der Waals surface area contributed by atoms with Crippen molar-refractivity contribution in [1.82, 2.24) is 0 Å². The van der Waals surface area contributed by atoms with Crippen LogP contribution >= 0.6 is 0 Å². The van der Waals surface area contributed by atoms with Crippen LogP contribution < -0.4 is 0 Å². The van der Waals surface area contributed by atoms with Crippen LogP contribution in [-0.4, -0.2) is 0 Å². The van der Waals surface area contributed by atoms with Gasteiger partial charge in [0.25, 0.3) is 0 Å². The third-order valence-electron chi connectivity index (χ3n) is 2.95. The van der Waals surface area contributed by atoms with Gasteiger partial charge in [-0.3, -0.25) is 0 Å². The second-order valence-electron chi connectivity index (χ2n) is 3.81. The summed E-state index contributed by atoms with van der Waals surface area (Å²) in [6, 6.07) is 0. The lowest BCUT2D eigenvalue weighted by molar-refractivity contribution is 0.343. The summed E-state index contributed by atoms with van der Waals surface area (Å²) < 4.78 is 0. The monoisotopic (exact) mass is 140 g/mol. The molecule has 60 valence electrons. The first-order valence-electron chi connectivity index (χ1n) is 4.84. The Hall–Kier alpha value is 0. The minimum absolute atomic E-state index is 1.01. The van der Waals surface area contributed by atoms with Crippen molar-refractivity contribution in [3.8, 4) is 0 Å². The van der Waals surface area contributed by atoms with E-state index in [0.717, 1.165) is 11.8 Å². The number of hydrogen-bond donors (Lipinski definition) is 0. The molecular formula is C10H20. The highest BCUT2D eigenvalue weighted by molar-refractivity contribution is 4.71. The molecule has 1 aliphatic rings. The lowest BCUT2D eigenvalue weighted by Gasteiger charge is -2.17. The van der Waals surface area contributed by atoms with Crippen molar-refractivity contribution in [2.45, 2.75) is 52.4 Å². The highest BCUT2D eigenvalue weighted by Gasteiger charge is 2.20. The molecule has 0 spiro atoms. The lowest BCUT2D eigenvalue weighted by Crippen LogP contribution is -2.06. The smallest absolute Gasteiger partial charge is 0.0388 e. The molecule has 1 rings (SSSR count). The van der Waals surface area contributed by atoms with E-state index >= 15 is 0 Å². The summed E-state index contributed by atoms with van der Waals surface area (Å²) in [6.07, 6.45) is 8.85. The molecule has 1 saturated carbocycles. The third-order valence-corrected chi connectivity index (χ3v) is 2.95. The highest BCUT2D eigenvalue weighted by Crippen LogP contribution is 2.33. The maximum Gasteiger partial charge on any atom is -0.0388 e. The fourth-order valence-corrected chi connectivity index (χ4v) is 2.22. The molecule has 0 aromatic carbocycles. The normalized spacial score (nSPS) is 23.4. The molecule has 10 heavy (non-hydrogen) atoms. The van der Waals surface area contributed by atoms with E-state index in [2.05, 4.69) is 13.8 Å². The van der Waals surface area contributed by atoms with Crippen molar-refractivity contribution >= 4 is 0 Å². The molecule has 0 heterocycles. The molecule has 0 aromatic rings. The van der Waals surface area contributed by atoms with Crippen molar-refractivity contribution in [2.24, 2.45) is 11.8 Å². The summed E-state index contributed by atoms with van der Waals surface area (Å²) in [5.74, 6) is 2.09. The van der Waals surface area contributed by atoms with Crippen molar-refractivity contribution in [3.05, 3.63) is 0 Å². The Balaban J connectivity index is 2.18. The molecular weight excluding hydrogens is 120 g/mol. The van der Waals surface area contributed by atoms with Gasteiger partial charge in [0.1, 0.15) is 0 Å². The van der Waals surface area contributed by atoms with Crippen LogP contribution in [0.5, 0.6) is 0 Å². The van der Waals surface area contributed by atoms with Crippen LogP contribution in [0.4, 0.5) is 0 Å². The Kier molecular flexibility index (Phi) is 3.24. The molecule has 0 heteroatoms. The first kappa shape index (κ1) is 8.10. The predicted molar refractivity (Wildman–Crippen MR) is 46.0 cm³/mol. The van der Waals surface area contributed by atoms with Gasteiger partial charge >= 0.3 is 0 Å². The number of rotatable bonds is 3. The molecule has 1 aliphatic carbocycles. The minimum Gasteiger partial charge on any atom is -0.0654 e. The molecule has 0 nitrogen and oxygen atoms in total. The van der Waals surface area contributed by atoms with Crippen LogP contribution in [0.25, 0.3) is 0 Å². The van der Waals surface area contributed by atoms with Crippen LogP contribution in [0, 0.1) is 11.8 Å². The summed E-state index contributed by atoms with van der Waals surface area (Å²) in [6.45, 7) is 4.73. The molecule has 0 amide bonds. The Morgan fingerprint density at radius 2 is 1.90 bits per heavy atom. The Labute approximate surface area is 65.0 Å². The van der Waals surface area contributed by atoms with Gasteiger partial charge < -0.3 is 0 Å². The van der Waals surface area contributed by atoms with Crippen molar-refractivity contribution in [2.75, 3.05) is 0 Å². The van der Waals surface area contributed by atoms with Crippen molar-refractivity contribution in [1.29, 1.82) is 0 Å². The second-order valence-corrected chi connectivity index (χ2v) is 3.81. The predicted octanol–water partition coefficient (Wildman–Crippen LogP) is 3.61. The summed E-state index contributed by atoms with van der Waals surface area (Å²) in [5.41, 5.74) is 0. The molecule has 0 aromatic heterocycles. The summed E-state index contributed by atoms with van der Waals surface area (Å²) in [7, 11) is 0. The van der Waals surface area contributed by atoms with Gasteiger partial charge in [0.2, 0.25) is 0 Å². The van der Waals surface area contributed by atoms with Gasteiger partial charge in [0, 0.05) is 0 Å². The second kappa shape index (κ2) is 4.00. The van der Waals surface area contributed by atoms with Gasteiger partial charge in [-0.05, 0) is 11.8 Å². The van der Waals surface area contributed by atoms with E-state index in [1.54, 1.807) is 0 Å². The fourth-order valence-electron chi connectivity index (χ4n) is 2.22. The van der Waals surface area contributed by atoms with Crippen LogP contribution in [0.3, 0.4) is 0 Å². The van der Waals surface area contributed by atoms with Gasteiger partial charge in [-0.25, -0.2) is 0 Å². The van der Waals surface area contributed by atoms with E-state index in [-0.39, 0.29) is 0 Å². The topological polar surface area (TPSA) is 0 Å². The SMILES string of the molecule is CCCC(C)C1CCCC1. The van der Waals surface area contributed by atoms with E-state index in [1.165, 1.54) is 38.5 Å². The molecule has 0 aliphatic heterocycles. The average Bonchev–Trinajstić information content (AvgIpc) is 2.38. The molecule has 0 bridgehead atoms. The van der Waals surface area contributed by atoms with Crippen molar-refractivity contribution in [3.63, 3.8) is 0 Å². The third kappa shape index (κ3) is 2.00. The van der Waals surface area contributed by atoms with Gasteiger partial charge in [0.15, 0.2) is 0 Å². The van der Waals surface area contributed by atoms with Gasteiger partial charge in [-0.1, -0.05) is 52.4 Å². The summed E-state index contributed by atoms with van der Waals surface area (Å²) >= 11 is 0.